The summed E-state index contributed by atoms with van der Waals surface area (Å²) in [7, 11) is 0. The summed E-state index contributed by atoms with van der Waals surface area (Å²) in [6.45, 7) is 3.34. The number of carboxylic acids is 1. The highest BCUT2D eigenvalue weighted by Gasteiger charge is 2.43. The van der Waals surface area contributed by atoms with Crippen LogP contribution in [0.15, 0.2) is 115 Å². The fourth-order valence-electron chi connectivity index (χ4n) is 4.23. The lowest BCUT2D eigenvalue weighted by Crippen LogP contribution is -2.48. The SMILES string of the molecule is CCC=CCC=CCC=CCC=CCC=CCC=CCCC(=O)NC(CNC(=O)C1=CC(=O)C(C)(c2ccccc2)O1)C(=O)O. The Bertz CT molecular complexity index is 1320. The van der Waals surface area contributed by atoms with E-state index in [0.717, 1.165) is 44.6 Å². The van der Waals surface area contributed by atoms with Gasteiger partial charge in [-0.15, -0.1) is 0 Å². The van der Waals surface area contributed by atoms with Crippen LogP contribution in [-0.4, -0.2) is 41.3 Å². The number of hydrogen-bond acceptors (Lipinski definition) is 5. The van der Waals surface area contributed by atoms with Crippen LogP contribution in [0.2, 0.25) is 0 Å². The summed E-state index contributed by atoms with van der Waals surface area (Å²) in [5.41, 5.74) is -0.744. The van der Waals surface area contributed by atoms with Crippen molar-refractivity contribution in [2.45, 2.75) is 76.9 Å². The molecule has 3 N–H and O–H groups in total. The van der Waals surface area contributed by atoms with Gasteiger partial charge in [-0.2, -0.15) is 0 Å². The summed E-state index contributed by atoms with van der Waals surface area (Å²) in [4.78, 5) is 49.1. The van der Waals surface area contributed by atoms with Crippen molar-refractivity contribution in [2.75, 3.05) is 6.54 Å². The molecule has 0 spiro atoms. The first-order valence-electron chi connectivity index (χ1n) is 15.5. The van der Waals surface area contributed by atoms with E-state index in [1.54, 1.807) is 37.3 Å². The fraction of sp³-hybridized carbons (Fsp3) is 0.351. The van der Waals surface area contributed by atoms with Crippen molar-refractivity contribution in [1.29, 1.82) is 0 Å². The Kier molecular flexibility index (Phi) is 17.1. The number of nitrogens with one attached hydrogen (secondary N) is 2. The maximum Gasteiger partial charge on any atom is 0.328 e. The molecule has 1 aliphatic rings. The fourth-order valence-corrected chi connectivity index (χ4v) is 4.23. The zero-order valence-corrected chi connectivity index (χ0v) is 26.3. The van der Waals surface area contributed by atoms with E-state index in [-0.39, 0.29) is 18.7 Å². The molecular weight excluding hydrogens is 568 g/mol. The molecule has 0 aromatic heterocycles. The van der Waals surface area contributed by atoms with Crippen molar-refractivity contribution in [1.82, 2.24) is 10.6 Å². The number of allylic oxidation sites excluding steroid dienone is 12. The van der Waals surface area contributed by atoms with Gasteiger partial charge in [0.25, 0.3) is 5.91 Å². The van der Waals surface area contributed by atoms with Gasteiger partial charge in [-0.05, 0) is 51.9 Å². The number of ether oxygens (including phenoxy) is 1. The Hall–Kier alpha value is -4.72. The largest absolute Gasteiger partial charge is 0.480 e. The molecule has 0 saturated carbocycles. The van der Waals surface area contributed by atoms with Gasteiger partial charge in [0.1, 0.15) is 6.04 Å². The van der Waals surface area contributed by atoms with Crippen LogP contribution in [0.1, 0.15) is 70.8 Å². The molecule has 0 fully saturated rings. The molecule has 0 bridgehead atoms. The number of carboxylic acid groups (broad SMARTS) is 1. The van der Waals surface area contributed by atoms with Gasteiger partial charge in [0.2, 0.25) is 11.7 Å². The summed E-state index contributed by atoms with van der Waals surface area (Å²) < 4.78 is 5.67. The first-order valence-corrected chi connectivity index (χ1v) is 15.5. The van der Waals surface area contributed by atoms with Crippen molar-refractivity contribution in [2.24, 2.45) is 0 Å². The topological polar surface area (TPSA) is 122 Å². The van der Waals surface area contributed by atoms with Gasteiger partial charge < -0.3 is 20.5 Å². The molecule has 8 nitrogen and oxygen atoms in total. The van der Waals surface area contributed by atoms with E-state index in [2.05, 4.69) is 78.3 Å². The van der Waals surface area contributed by atoms with Crippen LogP contribution >= 0.6 is 0 Å². The summed E-state index contributed by atoms with van der Waals surface area (Å²) in [6, 6.07) is 7.45. The second-order valence-electron chi connectivity index (χ2n) is 10.5. The molecule has 2 atom stereocenters. The van der Waals surface area contributed by atoms with Crippen molar-refractivity contribution < 1.29 is 29.0 Å². The van der Waals surface area contributed by atoms with Crippen LogP contribution in [0.25, 0.3) is 0 Å². The monoisotopic (exact) mass is 614 g/mol. The molecule has 1 aliphatic heterocycles. The van der Waals surface area contributed by atoms with E-state index in [1.807, 2.05) is 12.2 Å². The van der Waals surface area contributed by atoms with E-state index in [4.69, 9.17) is 4.74 Å². The standard InChI is InChI=1S/C37H46N2O6/c1-3-4-5-6-7-8-9-10-11-12-13-14-15-16-17-18-19-20-24-27-34(41)39-31(36(43)44)29-38-35(42)32-28-33(40)37(2,45-32)30-25-22-21-23-26-30/h4-5,7-8,10-11,13-14,16-17,19-23,25-26,28,31H,3,6,9,12,15,18,24,27,29H2,1-2H3,(H,38,42)(H,39,41)(H,43,44). The maximum absolute atomic E-state index is 12.6. The van der Waals surface area contributed by atoms with Crippen LogP contribution in [0, 0.1) is 0 Å². The number of ketones is 1. The third kappa shape index (κ3) is 14.1. The van der Waals surface area contributed by atoms with Crippen LogP contribution in [-0.2, 0) is 29.5 Å². The minimum atomic E-state index is -1.34. The van der Waals surface area contributed by atoms with Gasteiger partial charge in [-0.3, -0.25) is 14.4 Å². The average molecular weight is 615 g/mol. The lowest BCUT2D eigenvalue weighted by atomic mass is 9.92. The van der Waals surface area contributed by atoms with Crippen molar-refractivity contribution >= 4 is 23.6 Å². The zero-order chi connectivity index (χ0) is 32.8. The van der Waals surface area contributed by atoms with Gasteiger partial charge in [-0.1, -0.05) is 110 Å². The number of carbonyl (C=O) groups is 4. The lowest BCUT2D eigenvalue weighted by Gasteiger charge is -2.24. The molecule has 0 radical (unpaired) electrons. The Morgan fingerprint density at radius 2 is 1.33 bits per heavy atom. The third-order valence-electron chi connectivity index (χ3n) is 6.83. The highest BCUT2D eigenvalue weighted by Crippen LogP contribution is 2.34. The summed E-state index contributed by atoms with van der Waals surface area (Å²) in [5, 5.41) is 14.4. The molecule has 2 amide bonds. The molecule has 2 unspecified atom stereocenters. The Labute approximate surface area is 267 Å². The van der Waals surface area contributed by atoms with Gasteiger partial charge in [0, 0.05) is 24.6 Å². The van der Waals surface area contributed by atoms with Crippen LogP contribution in [0.4, 0.5) is 0 Å². The minimum Gasteiger partial charge on any atom is -0.480 e. The van der Waals surface area contributed by atoms with Crippen molar-refractivity contribution in [3.63, 3.8) is 0 Å². The molecule has 0 aliphatic carbocycles. The molecule has 1 aromatic rings. The Morgan fingerprint density at radius 3 is 1.84 bits per heavy atom. The molecule has 0 saturated heterocycles. The summed E-state index contributed by atoms with van der Waals surface area (Å²) in [6.07, 6.45) is 32.5. The van der Waals surface area contributed by atoms with Crippen LogP contribution in [0.5, 0.6) is 0 Å². The Balaban J connectivity index is 1.61. The summed E-state index contributed by atoms with van der Waals surface area (Å²) >= 11 is 0. The minimum absolute atomic E-state index is 0.109. The van der Waals surface area contributed by atoms with Gasteiger partial charge in [-0.25, -0.2) is 4.79 Å². The van der Waals surface area contributed by atoms with Crippen LogP contribution in [0.3, 0.4) is 0 Å². The van der Waals surface area contributed by atoms with Crippen molar-refractivity contribution in [3.8, 4) is 0 Å². The van der Waals surface area contributed by atoms with Gasteiger partial charge in [0.15, 0.2) is 11.4 Å². The average Bonchev–Trinajstić information content (AvgIpc) is 3.35. The predicted octanol–water partition coefficient (Wildman–Crippen LogP) is 6.55. The first kappa shape index (κ1) is 36.5. The van der Waals surface area contributed by atoms with E-state index in [1.165, 1.54) is 0 Å². The predicted molar refractivity (Wildman–Crippen MR) is 178 cm³/mol. The molecule has 45 heavy (non-hydrogen) atoms. The lowest BCUT2D eigenvalue weighted by molar-refractivity contribution is -0.141. The third-order valence-corrected chi connectivity index (χ3v) is 6.83. The van der Waals surface area contributed by atoms with E-state index in [9.17, 15) is 24.3 Å². The number of aliphatic carboxylic acids is 1. The quantitative estimate of drug-likeness (QED) is 0.143. The zero-order valence-electron chi connectivity index (χ0n) is 26.3. The molecule has 240 valence electrons. The Morgan fingerprint density at radius 1 is 0.822 bits per heavy atom. The second-order valence-corrected chi connectivity index (χ2v) is 10.5. The number of rotatable bonds is 20. The van der Waals surface area contributed by atoms with Crippen molar-refractivity contribution in [3.05, 3.63) is 121 Å². The highest BCUT2D eigenvalue weighted by molar-refractivity contribution is 6.07. The summed E-state index contributed by atoms with van der Waals surface area (Å²) in [5.74, 6) is -3.07. The van der Waals surface area contributed by atoms with E-state index >= 15 is 0 Å². The van der Waals surface area contributed by atoms with Gasteiger partial charge in [0.05, 0.1) is 0 Å². The van der Waals surface area contributed by atoms with E-state index < -0.39 is 35.2 Å². The molecule has 2 rings (SSSR count). The molecule has 8 heteroatoms. The normalized spacial score (nSPS) is 17.6. The number of carbonyl (C=O) groups excluding carboxylic acids is 3. The number of hydrogen-bond donors (Lipinski definition) is 3. The smallest absolute Gasteiger partial charge is 0.328 e. The number of benzene rings is 1. The van der Waals surface area contributed by atoms with E-state index in [0.29, 0.717) is 12.0 Å². The van der Waals surface area contributed by atoms with Crippen LogP contribution < -0.4 is 10.6 Å². The number of amides is 2. The molecule has 1 aromatic carbocycles. The highest BCUT2D eigenvalue weighted by atomic mass is 16.5. The first-order chi connectivity index (χ1) is 21.8. The molecular formula is C37H46N2O6. The van der Waals surface area contributed by atoms with Gasteiger partial charge >= 0.3 is 5.97 Å². The second kappa shape index (κ2) is 21.1. The molecule has 1 heterocycles. The maximum atomic E-state index is 12.6.